The van der Waals surface area contributed by atoms with Crippen molar-refractivity contribution in [3.63, 3.8) is 0 Å². The van der Waals surface area contributed by atoms with Crippen molar-refractivity contribution in [2.24, 2.45) is 5.73 Å². The Kier molecular flexibility index (Phi) is 4.23. The van der Waals surface area contributed by atoms with Crippen molar-refractivity contribution in [2.75, 3.05) is 37.6 Å². The molecule has 0 spiro atoms. The Morgan fingerprint density at radius 2 is 2.11 bits per heavy atom. The number of pyridine rings is 1. The van der Waals surface area contributed by atoms with Crippen molar-refractivity contribution < 1.29 is 4.92 Å². The van der Waals surface area contributed by atoms with Gasteiger partial charge in [0.05, 0.1) is 9.91 Å². The third kappa shape index (κ3) is 3.58. The zero-order chi connectivity index (χ0) is 13.8. The molecule has 1 aromatic rings. The molecule has 0 saturated carbocycles. The molecular weight excluding hydrogens is 266 g/mol. The van der Waals surface area contributed by atoms with E-state index in [0.717, 1.165) is 32.0 Å². The number of nitrogens with zero attached hydrogens (tertiary/aromatic N) is 4. The minimum Gasteiger partial charge on any atom is -0.392 e. The van der Waals surface area contributed by atoms with Crippen LogP contribution in [0.25, 0.3) is 0 Å². The largest absolute Gasteiger partial charge is 0.392 e. The predicted octanol–water partition coefficient (Wildman–Crippen LogP) is 0.398. The van der Waals surface area contributed by atoms with Gasteiger partial charge in [0.25, 0.3) is 5.69 Å². The lowest BCUT2D eigenvalue weighted by atomic mass is 10.3. The van der Waals surface area contributed by atoms with Crippen molar-refractivity contribution in [3.8, 4) is 0 Å². The van der Waals surface area contributed by atoms with Crippen LogP contribution in [0.2, 0.25) is 0 Å². The van der Waals surface area contributed by atoms with Crippen molar-refractivity contribution in [3.05, 3.63) is 28.4 Å². The minimum absolute atomic E-state index is 0.0101. The summed E-state index contributed by atoms with van der Waals surface area (Å²) in [6, 6.07) is 3.16. The van der Waals surface area contributed by atoms with Gasteiger partial charge in [-0.05, 0) is 6.07 Å². The van der Waals surface area contributed by atoms with Crippen LogP contribution in [0.5, 0.6) is 0 Å². The minimum atomic E-state index is -0.448. The zero-order valence-electron chi connectivity index (χ0n) is 10.4. The van der Waals surface area contributed by atoms with E-state index in [1.165, 1.54) is 12.3 Å². The molecule has 0 aliphatic carbocycles. The van der Waals surface area contributed by atoms with Crippen molar-refractivity contribution in [1.82, 2.24) is 9.88 Å². The molecule has 0 aromatic carbocycles. The number of nitrogens with two attached hydrogens (primary N) is 1. The fourth-order valence-corrected chi connectivity index (χ4v) is 2.21. The molecule has 0 unspecified atom stereocenters. The monoisotopic (exact) mass is 281 g/mol. The van der Waals surface area contributed by atoms with E-state index < -0.39 is 4.92 Å². The number of thiocarbonyl (C=S) groups is 1. The number of aromatic nitrogens is 1. The Balaban J connectivity index is 1.94. The summed E-state index contributed by atoms with van der Waals surface area (Å²) in [7, 11) is 0. The highest BCUT2D eigenvalue weighted by atomic mass is 32.1. The molecule has 1 aliphatic heterocycles. The van der Waals surface area contributed by atoms with Crippen LogP contribution in [0, 0.1) is 10.1 Å². The average molecular weight is 281 g/mol. The van der Waals surface area contributed by atoms with Gasteiger partial charge in [-0.25, -0.2) is 4.98 Å². The van der Waals surface area contributed by atoms with Gasteiger partial charge in [-0.15, -0.1) is 0 Å². The van der Waals surface area contributed by atoms with E-state index >= 15 is 0 Å². The second kappa shape index (κ2) is 5.89. The van der Waals surface area contributed by atoms with Crippen molar-refractivity contribution in [2.45, 2.75) is 0 Å². The molecule has 0 amide bonds. The SMILES string of the molecule is NC(=S)CN1CCN(c2ccc([N+](=O)[O-])cn2)CC1. The molecule has 2 N–H and O–H groups in total. The zero-order valence-corrected chi connectivity index (χ0v) is 11.2. The molecule has 1 saturated heterocycles. The molecule has 7 nitrogen and oxygen atoms in total. The first-order chi connectivity index (χ1) is 9.06. The summed E-state index contributed by atoms with van der Waals surface area (Å²) in [6.45, 7) is 3.98. The molecular formula is C11H15N5O2S. The van der Waals surface area contributed by atoms with Crippen LogP contribution in [0.3, 0.4) is 0 Å². The summed E-state index contributed by atoms with van der Waals surface area (Å²) in [5.74, 6) is 0.764. The molecule has 1 fully saturated rings. The number of rotatable bonds is 4. The van der Waals surface area contributed by atoms with Gasteiger partial charge in [-0.1, -0.05) is 12.2 Å². The van der Waals surface area contributed by atoms with Crippen LogP contribution in [0.15, 0.2) is 18.3 Å². The topological polar surface area (TPSA) is 88.5 Å². The average Bonchev–Trinajstić information content (AvgIpc) is 2.39. The van der Waals surface area contributed by atoms with Crippen LogP contribution in [-0.2, 0) is 0 Å². The Morgan fingerprint density at radius 1 is 1.42 bits per heavy atom. The third-order valence-electron chi connectivity index (χ3n) is 3.02. The molecule has 19 heavy (non-hydrogen) atoms. The van der Waals surface area contributed by atoms with Crippen LogP contribution >= 0.6 is 12.2 Å². The van der Waals surface area contributed by atoms with Gasteiger partial charge < -0.3 is 10.6 Å². The molecule has 2 rings (SSSR count). The predicted molar refractivity (Wildman–Crippen MR) is 76.3 cm³/mol. The molecule has 2 heterocycles. The molecule has 0 radical (unpaired) electrons. The standard InChI is InChI=1S/C11H15N5O2S/c12-10(19)8-14-3-5-15(6-4-14)11-2-1-9(7-13-11)16(17)18/h1-2,7H,3-6,8H2,(H2,12,19). The van der Waals surface area contributed by atoms with E-state index in [-0.39, 0.29) is 5.69 Å². The van der Waals surface area contributed by atoms with Gasteiger partial charge in [-0.3, -0.25) is 15.0 Å². The van der Waals surface area contributed by atoms with Crippen LogP contribution in [0.1, 0.15) is 0 Å². The quantitative estimate of drug-likeness (QED) is 0.485. The highest BCUT2D eigenvalue weighted by molar-refractivity contribution is 7.80. The fourth-order valence-electron chi connectivity index (χ4n) is 2.03. The first kappa shape index (κ1) is 13.6. The van der Waals surface area contributed by atoms with E-state index in [0.29, 0.717) is 11.5 Å². The smallest absolute Gasteiger partial charge is 0.287 e. The van der Waals surface area contributed by atoms with E-state index in [9.17, 15) is 10.1 Å². The van der Waals surface area contributed by atoms with Crippen molar-refractivity contribution in [1.29, 1.82) is 0 Å². The van der Waals surface area contributed by atoms with Gasteiger partial charge in [0.1, 0.15) is 12.0 Å². The third-order valence-corrected chi connectivity index (χ3v) is 3.15. The van der Waals surface area contributed by atoms with Gasteiger partial charge in [0.15, 0.2) is 0 Å². The Morgan fingerprint density at radius 3 is 2.58 bits per heavy atom. The summed E-state index contributed by atoms with van der Waals surface area (Å²) in [6.07, 6.45) is 1.29. The number of nitro groups is 1. The maximum Gasteiger partial charge on any atom is 0.287 e. The molecule has 102 valence electrons. The number of hydrogen-bond acceptors (Lipinski definition) is 6. The molecule has 1 aliphatic rings. The van der Waals surface area contributed by atoms with E-state index in [1.54, 1.807) is 6.07 Å². The van der Waals surface area contributed by atoms with Gasteiger partial charge in [0, 0.05) is 38.8 Å². The normalized spacial score (nSPS) is 16.3. The van der Waals surface area contributed by atoms with E-state index in [4.69, 9.17) is 18.0 Å². The lowest BCUT2D eigenvalue weighted by Gasteiger charge is -2.35. The summed E-state index contributed by atoms with van der Waals surface area (Å²) in [5, 5.41) is 10.6. The maximum atomic E-state index is 10.6. The molecule has 1 aromatic heterocycles. The summed E-state index contributed by atoms with van der Waals surface area (Å²) < 4.78 is 0. The fraction of sp³-hybridized carbons (Fsp3) is 0.455. The first-order valence-corrected chi connectivity index (χ1v) is 6.33. The summed E-state index contributed by atoms with van der Waals surface area (Å²) in [5.41, 5.74) is 5.52. The Hall–Kier alpha value is -1.80. The second-order valence-electron chi connectivity index (χ2n) is 4.36. The van der Waals surface area contributed by atoms with Gasteiger partial charge >= 0.3 is 0 Å². The number of anilines is 1. The summed E-state index contributed by atoms with van der Waals surface area (Å²) in [4.78, 5) is 19.0. The van der Waals surface area contributed by atoms with E-state index in [1.807, 2.05) is 0 Å². The highest BCUT2D eigenvalue weighted by Gasteiger charge is 2.18. The molecule has 8 heteroatoms. The molecule has 0 atom stereocenters. The first-order valence-electron chi connectivity index (χ1n) is 5.92. The second-order valence-corrected chi connectivity index (χ2v) is 4.89. The van der Waals surface area contributed by atoms with Crippen LogP contribution < -0.4 is 10.6 Å². The van der Waals surface area contributed by atoms with Crippen LogP contribution in [-0.4, -0.2) is 52.5 Å². The van der Waals surface area contributed by atoms with E-state index in [2.05, 4.69) is 14.8 Å². The van der Waals surface area contributed by atoms with Gasteiger partial charge in [-0.2, -0.15) is 0 Å². The van der Waals surface area contributed by atoms with Crippen LogP contribution in [0.4, 0.5) is 11.5 Å². The Bertz CT molecular complexity index is 470. The number of hydrogen-bond donors (Lipinski definition) is 1. The van der Waals surface area contributed by atoms with Crippen molar-refractivity contribution >= 4 is 28.7 Å². The van der Waals surface area contributed by atoms with Gasteiger partial charge in [0.2, 0.25) is 0 Å². The number of piperazine rings is 1. The highest BCUT2D eigenvalue weighted by Crippen LogP contribution is 2.17. The Labute approximate surface area is 116 Å². The summed E-state index contributed by atoms with van der Waals surface area (Å²) >= 11 is 4.88. The molecule has 0 bridgehead atoms. The maximum absolute atomic E-state index is 10.6. The lowest BCUT2D eigenvalue weighted by Crippen LogP contribution is -2.48. The lowest BCUT2D eigenvalue weighted by molar-refractivity contribution is -0.385.